The molecule has 2 aromatic rings. The van der Waals surface area contributed by atoms with Crippen LogP contribution >= 0.6 is 0 Å². The van der Waals surface area contributed by atoms with Crippen molar-refractivity contribution >= 4 is 11.8 Å². The fourth-order valence-electron chi connectivity index (χ4n) is 2.33. The number of carbonyl (C=O) groups is 2. The topological polar surface area (TPSA) is 87.7 Å². The van der Waals surface area contributed by atoms with Gasteiger partial charge in [-0.05, 0) is 35.4 Å². The van der Waals surface area contributed by atoms with Gasteiger partial charge in [-0.3, -0.25) is 9.59 Å². The van der Waals surface area contributed by atoms with E-state index in [0.29, 0.717) is 5.75 Å². The molecule has 0 saturated heterocycles. The van der Waals surface area contributed by atoms with E-state index in [4.69, 9.17) is 4.74 Å². The molecule has 1 atom stereocenters. The van der Waals surface area contributed by atoms with E-state index in [0.717, 1.165) is 29.8 Å². The Morgan fingerprint density at radius 2 is 1.71 bits per heavy atom. The molecule has 9 heteroatoms. The Bertz CT molecular complexity index is 823. The number of halogens is 3. The van der Waals surface area contributed by atoms with Crippen molar-refractivity contribution in [3.05, 3.63) is 65.2 Å². The summed E-state index contributed by atoms with van der Waals surface area (Å²) >= 11 is 0. The Morgan fingerprint density at radius 3 is 2.32 bits per heavy atom. The molecule has 2 rings (SSSR count). The second kappa shape index (κ2) is 9.23. The van der Waals surface area contributed by atoms with E-state index in [9.17, 15) is 27.9 Å². The Kier molecular flexibility index (Phi) is 7.00. The van der Waals surface area contributed by atoms with E-state index >= 15 is 0 Å². The number of alkyl halides is 3. The molecular weight excluding hydrogens is 377 g/mol. The molecule has 0 fully saturated rings. The van der Waals surface area contributed by atoms with Gasteiger partial charge in [0.2, 0.25) is 0 Å². The lowest BCUT2D eigenvalue weighted by Gasteiger charge is -2.13. The van der Waals surface area contributed by atoms with Gasteiger partial charge in [0.25, 0.3) is 0 Å². The highest BCUT2D eigenvalue weighted by molar-refractivity contribution is 6.35. The maximum atomic E-state index is 12.5. The minimum atomic E-state index is -4.47. The quantitative estimate of drug-likeness (QED) is 0.654. The standard InChI is InChI=1S/C19H19F3N2O4/c1-28-15-4-2-3-12(9-15)10-23-17(26)18(27)24-11-16(25)13-5-7-14(8-6-13)19(20,21)22/h2-9,16,25H,10-11H2,1H3,(H,23,26)(H,24,27)/t16-/m0/s1. The van der Waals surface area contributed by atoms with Crippen LogP contribution in [0.25, 0.3) is 0 Å². The largest absolute Gasteiger partial charge is 0.497 e. The van der Waals surface area contributed by atoms with E-state index in [1.54, 1.807) is 24.3 Å². The number of benzene rings is 2. The van der Waals surface area contributed by atoms with Crippen LogP contribution in [0.2, 0.25) is 0 Å². The first-order valence-corrected chi connectivity index (χ1v) is 8.25. The number of methoxy groups -OCH3 is 1. The Hall–Kier alpha value is -3.07. The number of ether oxygens (including phenoxy) is 1. The van der Waals surface area contributed by atoms with E-state index in [2.05, 4.69) is 10.6 Å². The molecule has 150 valence electrons. The molecule has 0 saturated carbocycles. The zero-order valence-electron chi connectivity index (χ0n) is 14.9. The van der Waals surface area contributed by atoms with Crippen LogP contribution in [-0.2, 0) is 22.3 Å². The highest BCUT2D eigenvalue weighted by Crippen LogP contribution is 2.29. The average molecular weight is 396 g/mol. The summed E-state index contributed by atoms with van der Waals surface area (Å²) in [4.78, 5) is 23.6. The molecule has 0 spiro atoms. The summed E-state index contributed by atoms with van der Waals surface area (Å²) in [6.45, 7) is -0.221. The molecule has 0 unspecified atom stereocenters. The normalized spacial score (nSPS) is 12.2. The Labute approximate surface area is 159 Å². The van der Waals surface area contributed by atoms with Crippen LogP contribution in [0.4, 0.5) is 13.2 Å². The van der Waals surface area contributed by atoms with E-state index in [1.807, 2.05) is 0 Å². The van der Waals surface area contributed by atoms with Gasteiger partial charge in [0.05, 0.1) is 18.8 Å². The number of nitrogens with one attached hydrogen (secondary N) is 2. The van der Waals surface area contributed by atoms with Crippen LogP contribution in [0.1, 0.15) is 22.8 Å². The maximum absolute atomic E-state index is 12.5. The summed E-state index contributed by atoms with van der Waals surface area (Å²) in [5.74, 6) is -1.26. The molecule has 2 aromatic carbocycles. The van der Waals surface area contributed by atoms with Crippen molar-refractivity contribution in [2.45, 2.75) is 18.8 Å². The number of hydrogen-bond donors (Lipinski definition) is 3. The van der Waals surface area contributed by atoms with Gasteiger partial charge >= 0.3 is 18.0 Å². The van der Waals surface area contributed by atoms with Crippen molar-refractivity contribution in [1.29, 1.82) is 0 Å². The summed E-state index contributed by atoms with van der Waals surface area (Å²) in [5, 5.41) is 14.6. The first-order chi connectivity index (χ1) is 13.2. The van der Waals surface area contributed by atoms with Crippen molar-refractivity contribution in [3.8, 4) is 5.75 Å². The molecule has 28 heavy (non-hydrogen) atoms. The number of carbonyl (C=O) groups excluding carboxylic acids is 2. The van der Waals surface area contributed by atoms with E-state index in [1.165, 1.54) is 7.11 Å². The SMILES string of the molecule is COc1cccc(CNC(=O)C(=O)NC[C@H](O)c2ccc(C(F)(F)F)cc2)c1. The van der Waals surface area contributed by atoms with Crippen molar-refractivity contribution in [1.82, 2.24) is 10.6 Å². The summed E-state index contributed by atoms with van der Waals surface area (Å²) in [6, 6.07) is 10.8. The highest BCUT2D eigenvalue weighted by Gasteiger charge is 2.30. The van der Waals surface area contributed by atoms with Gasteiger partial charge in [0.1, 0.15) is 5.75 Å². The van der Waals surface area contributed by atoms with Crippen LogP contribution in [0.15, 0.2) is 48.5 Å². The van der Waals surface area contributed by atoms with Gasteiger partial charge in [0.15, 0.2) is 0 Å². The number of hydrogen-bond acceptors (Lipinski definition) is 4. The lowest BCUT2D eigenvalue weighted by molar-refractivity contribution is -0.139. The first kappa shape index (κ1) is 21.2. The number of aliphatic hydroxyl groups is 1. The summed E-state index contributed by atoms with van der Waals surface area (Å²) in [6.07, 6.45) is -5.73. The fourth-order valence-corrected chi connectivity index (χ4v) is 2.33. The van der Waals surface area contributed by atoms with E-state index < -0.39 is 29.7 Å². The molecule has 0 aromatic heterocycles. The van der Waals surface area contributed by atoms with Crippen molar-refractivity contribution in [3.63, 3.8) is 0 Å². The molecule has 0 aliphatic carbocycles. The summed E-state index contributed by atoms with van der Waals surface area (Å²) in [5.41, 5.74) is 0.0692. The third-order valence-corrected chi connectivity index (χ3v) is 3.87. The first-order valence-electron chi connectivity index (χ1n) is 8.25. The maximum Gasteiger partial charge on any atom is 0.416 e. The summed E-state index contributed by atoms with van der Waals surface area (Å²) < 4.78 is 42.7. The fraction of sp³-hybridized carbons (Fsp3) is 0.263. The number of rotatable bonds is 6. The highest BCUT2D eigenvalue weighted by atomic mass is 19.4. The Balaban J connectivity index is 1.82. The molecule has 3 N–H and O–H groups in total. The zero-order valence-corrected chi connectivity index (χ0v) is 14.9. The lowest BCUT2D eigenvalue weighted by Crippen LogP contribution is -2.41. The molecule has 0 aliphatic rings. The average Bonchev–Trinajstić information content (AvgIpc) is 2.69. The van der Waals surface area contributed by atoms with Crippen molar-refractivity contribution in [2.75, 3.05) is 13.7 Å². The molecule has 0 aliphatic heterocycles. The zero-order chi connectivity index (χ0) is 20.7. The second-order valence-corrected chi connectivity index (χ2v) is 5.88. The lowest BCUT2D eigenvalue weighted by atomic mass is 10.1. The number of aliphatic hydroxyl groups excluding tert-OH is 1. The third-order valence-electron chi connectivity index (χ3n) is 3.87. The van der Waals surface area contributed by atoms with Crippen LogP contribution in [0, 0.1) is 0 Å². The molecule has 2 amide bonds. The monoisotopic (exact) mass is 396 g/mol. The molecule has 0 radical (unpaired) electrons. The van der Waals surface area contributed by atoms with Crippen LogP contribution in [0.5, 0.6) is 5.75 Å². The van der Waals surface area contributed by atoms with Crippen molar-refractivity contribution in [2.24, 2.45) is 0 Å². The van der Waals surface area contributed by atoms with Gasteiger partial charge in [-0.25, -0.2) is 0 Å². The van der Waals surface area contributed by atoms with E-state index in [-0.39, 0.29) is 18.7 Å². The second-order valence-electron chi connectivity index (χ2n) is 5.88. The van der Waals surface area contributed by atoms with Gasteiger partial charge in [-0.2, -0.15) is 13.2 Å². The molecular formula is C19H19F3N2O4. The molecule has 6 nitrogen and oxygen atoms in total. The van der Waals surface area contributed by atoms with Crippen LogP contribution in [-0.4, -0.2) is 30.6 Å². The van der Waals surface area contributed by atoms with Gasteiger partial charge < -0.3 is 20.5 Å². The van der Waals surface area contributed by atoms with Crippen molar-refractivity contribution < 1.29 is 32.6 Å². The van der Waals surface area contributed by atoms with Gasteiger partial charge in [0, 0.05) is 13.1 Å². The van der Waals surface area contributed by atoms with Crippen LogP contribution < -0.4 is 15.4 Å². The van der Waals surface area contributed by atoms with Gasteiger partial charge in [-0.15, -0.1) is 0 Å². The smallest absolute Gasteiger partial charge is 0.416 e. The molecule has 0 bridgehead atoms. The molecule has 0 heterocycles. The Morgan fingerprint density at radius 1 is 1.07 bits per heavy atom. The predicted molar refractivity (Wildman–Crippen MR) is 94.3 cm³/mol. The number of amides is 2. The van der Waals surface area contributed by atoms with Gasteiger partial charge in [-0.1, -0.05) is 24.3 Å². The minimum absolute atomic E-state index is 0.102. The minimum Gasteiger partial charge on any atom is -0.497 e. The predicted octanol–water partition coefficient (Wildman–Crippen LogP) is 2.18. The van der Waals surface area contributed by atoms with Crippen LogP contribution in [0.3, 0.4) is 0 Å². The third kappa shape index (κ3) is 5.98. The summed E-state index contributed by atoms with van der Waals surface area (Å²) in [7, 11) is 1.51.